The van der Waals surface area contributed by atoms with E-state index in [1.165, 1.54) is 26.9 Å². The molecular formula is C19H15NS. The lowest BCUT2D eigenvalue weighted by Gasteiger charge is -2.09. The SMILES string of the molecule is c1ccc(C2CN=C(c3cccc4ccccc34)S2)cc1. The van der Waals surface area contributed by atoms with Gasteiger partial charge in [-0.3, -0.25) is 4.99 Å². The Morgan fingerprint density at radius 1 is 0.810 bits per heavy atom. The van der Waals surface area contributed by atoms with E-state index in [1.54, 1.807) is 0 Å². The van der Waals surface area contributed by atoms with E-state index in [9.17, 15) is 0 Å². The van der Waals surface area contributed by atoms with Gasteiger partial charge < -0.3 is 0 Å². The van der Waals surface area contributed by atoms with Crippen molar-refractivity contribution in [2.24, 2.45) is 4.99 Å². The molecule has 1 unspecified atom stereocenters. The normalized spacial score (nSPS) is 17.9. The zero-order chi connectivity index (χ0) is 14.1. The van der Waals surface area contributed by atoms with Gasteiger partial charge in [-0.25, -0.2) is 0 Å². The topological polar surface area (TPSA) is 12.4 Å². The maximum atomic E-state index is 4.79. The highest BCUT2D eigenvalue weighted by Crippen LogP contribution is 2.38. The smallest absolute Gasteiger partial charge is 0.0990 e. The minimum absolute atomic E-state index is 0.445. The van der Waals surface area contributed by atoms with Crippen LogP contribution in [0.4, 0.5) is 0 Å². The molecule has 1 aliphatic heterocycles. The second-order valence-corrected chi connectivity index (χ2v) is 6.38. The minimum atomic E-state index is 0.445. The number of thioether (sulfide) groups is 1. The van der Waals surface area contributed by atoms with Gasteiger partial charge in [0.25, 0.3) is 0 Å². The van der Waals surface area contributed by atoms with Crippen molar-refractivity contribution < 1.29 is 0 Å². The molecule has 1 heterocycles. The fourth-order valence-corrected chi connectivity index (χ4v) is 3.94. The summed E-state index contributed by atoms with van der Waals surface area (Å²) in [5.41, 5.74) is 2.62. The molecule has 0 saturated carbocycles. The van der Waals surface area contributed by atoms with Crippen molar-refractivity contribution in [2.45, 2.75) is 5.25 Å². The first-order chi connectivity index (χ1) is 10.4. The lowest BCUT2D eigenvalue weighted by Crippen LogP contribution is -1.95. The van der Waals surface area contributed by atoms with Gasteiger partial charge in [0.15, 0.2) is 0 Å². The van der Waals surface area contributed by atoms with Crippen LogP contribution in [0.2, 0.25) is 0 Å². The van der Waals surface area contributed by atoms with E-state index in [1.807, 2.05) is 11.8 Å². The zero-order valence-electron chi connectivity index (χ0n) is 11.6. The van der Waals surface area contributed by atoms with Crippen LogP contribution in [0.3, 0.4) is 0 Å². The molecule has 0 aliphatic carbocycles. The van der Waals surface area contributed by atoms with E-state index < -0.39 is 0 Å². The second kappa shape index (κ2) is 5.38. The number of hydrogen-bond acceptors (Lipinski definition) is 2. The molecule has 0 aromatic heterocycles. The van der Waals surface area contributed by atoms with E-state index in [4.69, 9.17) is 4.99 Å². The highest BCUT2D eigenvalue weighted by molar-refractivity contribution is 8.15. The summed E-state index contributed by atoms with van der Waals surface area (Å²) in [5.74, 6) is 0. The molecular weight excluding hydrogens is 274 g/mol. The number of nitrogens with zero attached hydrogens (tertiary/aromatic N) is 1. The third kappa shape index (κ3) is 2.36. The van der Waals surface area contributed by atoms with Gasteiger partial charge in [0.1, 0.15) is 0 Å². The van der Waals surface area contributed by atoms with Crippen molar-refractivity contribution in [1.82, 2.24) is 0 Å². The fraction of sp³-hybridized carbons (Fsp3) is 0.105. The van der Waals surface area contributed by atoms with Gasteiger partial charge in [0.05, 0.1) is 16.8 Å². The van der Waals surface area contributed by atoms with E-state index in [2.05, 4.69) is 72.8 Å². The Bertz CT molecular complexity index is 803. The van der Waals surface area contributed by atoms with Gasteiger partial charge in [0.2, 0.25) is 0 Å². The van der Waals surface area contributed by atoms with Gasteiger partial charge in [-0.2, -0.15) is 0 Å². The Morgan fingerprint density at radius 2 is 1.57 bits per heavy atom. The Labute approximate surface area is 128 Å². The average molecular weight is 289 g/mol. The highest BCUT2D eigenvalue weighted by atomic mass is 32.2. The second-order valence-electron chi connectivity index (χ2n) is 5.19. The first-order valence-corrected chi connectivity index (χ1v) is 8.04. The number of aliphatic imine (C=N–C) groups is 1. The molecule has 0 bridgehead atoms. The van der Waals surface area contributed by atoms with E-state index in [-0.39, 0.29) is 0 Å². The summed E-state index contributed by atoms with van der Waals surface area (Å²) in [6.45, 7) is 0.868. The molecule has 2 heteroatoms. The minimum Gasteiger partial charge on any atom is -0.276 e. The third-order valence-corrected chi connectivity index (χ3v) is 5.12. The van der Waals surface area contributed by atoms with Gasteiger partial charge in [-0.05, 0) is 16.3 Å². The van der Waals surface area contributed by atoms with Crippen molar-refractivity contribution >= 4 is 27.6 Å². The van der Waals surface area contributed by atoms with Crippen LogP contribution in [0.1, 0.15) is 16.4 Å². The Kier molecular flexibility index (Phi) is 3.24. The first-order valence-electron chi connectivity index (χ1n) is 7.16. The zero-order valence-corrected chi connectivity index (χ0v) is 12.4. The molecule has 3 aromatic carbocycles. The molecule has 3 aromatic rings. The molecule has 1 nitrogen and oxygen atoms in total. The number of fused-ring (bicyclic) bond motifs is 1. The first kappa shape index (κ1) is 12.7. The maximum absolute atomic E-state index is 4.79. The van der Waals surface area contributed by atoms with Crippen LogP contribution in [0.15, 0.2) is 77.8 Å². The largest absolute Gasteiger partial charge is 0.276 e. The molecule has 0 saturated heterocycles. The van der Waals surface area contributed by atoms with Crippen molar-refractivity contribution in [3.05, 3.63) is 83.9 Å². The van der Waals surface area contributed by atoms with Crippen LogP contribution in [0.5, 0.6) is 0 Å². The Morgan fingerprint density at radius 3 is 2.48 bits per heavy atom. The van der Waals surface area contributed by atoms with E-state index >= 15 is 0 Å². The molecule has 0 N–H and O–H groups in total. The maximum Gasteiger partial charge on any atom is 0.0990 e. The van der Waals surface area contributed by atoms with E-state index in [0.29, 0.717) is 5.25 Å². The Balaban J connectivity index is 1.69. The van der Waals surface area contributed by atoms with Crippen LogP contribution < -0.4 is 0 Å². The number of hydrogen-bond donors (Lipinski definition) is 0. The lowest BCUT2D eigenvalue weighted by molar-refractivity contribution is 0.966. The van der Waals surface area contributed by atoms with Crippen molar-refractivity contribution in [3.63, 3.8) is 0 Å². The molecule has 1 aliphatic rings. The summed E-state index contributed by atoms with van der Waals surface area (Å²) in [6.07, 6.45) is 0. The van der Waals surface area contributed by atoms with Crippen LogP contribution >= 0.6 is 11.8 Å². The number of rotatable bonds is 2. The van der Waals surface area contributed by atoms with Gasteiger partial charge >= 0.3 is 0 Å². The summed E-state index contributed by atoms with van der Waals surface area (Å²) in [7, 11) is 0. The summed E-state index contributed by atoms with van der Waals surface area (Å²) >= 11 is 1.88. The molecule has 4 rings (SSSR count). The fourth-order valence-electron chi connectivity index (χ4n) is 2.78. The highest BCUT2D eigenvalue weighted by Gasteiger charge is 2.22. The average Bonchev–Trinajstić information content (AvgIpc) is 3.05. The van der Waals surface area contributed by atoms with Crippen LogP contribution in [-0.2, 0) is 0 Å². The van der Waals surface area contributed by atoms with Gasteiger partial charge in [-0.1, -0.05) is 84.6 Å². The predicted octanol–water partition coefficient (Wildman–Crippen LogP) is 5.07. The molecule has 0 radical (unpaired) electrons. The summed E-state index contributed by atoms with van der Waals surface area (Å²) in [6, 6.07) is 25.7. The predicted molar refractivity (Wildman–Crippen MR) is 92.1 cm³/mol. The number of benzene rings is 3. The molecule has 21 heavy (non-hydrogen) atoms. The third-order valence-electron chi connectivity index (χ3n) is 3.85. The van der Waals surface area contributed by atoms with Crippen molar-refractivity contribution in [1.29, 1.82) is 0 Å². The molecule has 0 amide bonds. The van der Waals surface area contributed by atoms with Crippen molar-refractivity contribution in [2.75, 3.05) is 6.54 Å². The van der Waals surface area contributed by atoms with E-state index in [0.717, 1.165) is 6.54 Å². The van der Waals surface area contributed by atoms with Crippen LogP contribution in [0, 0.1) is 0 Å². The summed E-state index contributed by atoms with van der Waals surface area (Å²) < 4.78 is 0. The summed E-state index contributed by atoms with van der Waals surface area (Å²) in [4.78, 5) is 4.79. The summed E-state index contributed by atoms with van der Waals surface area (Å²) in [5, 5.41) is 4.18. The quantitative estimate of drug-likeness (QED) is 0.641. The molecule has 0 fully saturated rings. The molecule has 102 valence electrons. The van der Waals surface area contributed by atoms with Crippen LogP contribution in [0.25, 0.3) is 10.8 Å². The van der Waals surface area contributed by atoms with Crippen molar-refractivity contribution in [3.8, 4) is 0 Å². The lowest BCUT2D eigenvalue weighted by atomic mass is 10.1. The van der Waals surface area contributed by atoms with Gasteiger partial charge in [-0.15, -0.1) is 0 Å². The van der Waals surface area contributed by atoms with Crippen LogP contribution in [-0.4, -0.2) is 11.6 Å². The van der Waals surface area contributed by atoms with Gasteiger partial charge in [0, 0.05) is 5.56 Å². The standard InChI is InChI=1S/C19H15NS/c1-2-8-15(9-3-1)18-13-20-19(21-18)17-12-6-10-14-7-4-5-11-16(14)17/h1-12,18H,13H2. The molecule has 0 spiro atoms. The molecule has 1 atom stereocenters. The monoisotopic (exact) mass is 289 g/mol. The Hall–Kier alpha value is -2.06.